The number of ether oxygens (including phenoxy) is 1. The lowest BCUT2D eigenvalue weighted by molar-refractivity contribution is 0.251. The maximum absolute atomic E-state index is 12.7. The summed E-state index contributed by atoms with van der Waals surface area (Å²) in [6, 6.07) is 12.7. The number of carbonyl (C=O) groups is 1. The van der Waals surface area contributed by atoms with Crippen molar-refractivity contribution in [1.29, 1.82) is 0 Å². The summed E-state index contributed by atoms with van der Waals surface area (Å²) >= 11 is 0. The predicted molar refractivity (Wildman–Crippen MR) is 75.3 cm³/mol. The highest BCUT2D eigenvalue weighted by molar-refractivity contribution is 5.89. The van der Waals surface area contributed by atoms with Crippen LogP contribution in [0.2, 0.25) is 0 Å². The van der Waals surface area contributed by atoms with E-state index in [1.54, 1.807) is 43.5 Å². The maximum Gasteiger partial charge on any atom is 0.319 e. The van der Waals surface area contributed by atoms with Crippen LogP contribution in [0, 0.1) is 5.82 Å². The van der Waals surface area contributed by atoms with Gasteiger partial charge in [-0.05, 0) is 42.0 Å². The Hall–Kier alpha value is -2.56. The number of hydrogen-bond donors (Lipinski definition) is 2. The molecule has 2 aromatic carbocycles. The van der Waals surface area contributed by atoms with E-state index in [0.29, 0.717) is 12.2 Å². The van der Waals surface area contributed by atoms with Crippen LogP contribution in [0.1, 0.15) is 5.56 Å². The van der Waals surface area contributed by atoms with E-state index in [4.69, 9.17) is 4.74 Å². The maximum atomic E-state index is 12.7. The minimum Gasteiger partial charge on any atom is -0.497 e. The molecular formula is C15H15FN2O2. The highest BCUT2D eigenvalue weighted by Gasteiger charge is 2.02. The van der Waals surface area contributed by atoms with Gasteiger partial charge in [-0.2, -0.15) is 0 Å². The smallest absolute Gasteiger partial charge is 0.319 e. The molecule has 0 bridgehead atoms. The first-order valence-electron chi connectivity index (χ1n) is 6.11. The molecule has 20 heavy (non-hydrogen) atoms. The molecule has 2 N–H and O–H groups in total. The molecule has 0 spiro atoms. The molecule has 2 amide bonds. The zero-order valence-corrected chi connectivity index (χ0v) is 11.0. The van der Waals surface area contributed by atoms with E-state index in [1.807, 2.05) is 0 Å². The molecule has 0 saturated heterocycles. The summed E-state index contributed by atoms with van der Waals surface area (Å²) in [4.78, 5) is 11.7. The number of rotatable bonds is 4. The first-order chi connectivity index (χ1) is 9.67. The van der Waals surface area contributed by atoms with Gasteiger partial charge in [0.1, 0.15) is 11.6 Å². The van der Waals surface area contributed by atoms with Crippen LogP contribution < -0.4 is 15.4 Å². The lowest BCUT2D eigenvalue weighted by Gasteiger charge is -2.08. The number of carbonyl (C=O) groups excluding carboxylic acids is 1. The third-order valence-electron chi connectivity index (χ3n) is 2.71. The molecule has 2 aromatic rings. The molecule has 0 radical (unpaired) electrons. The minimum absolute atomic E-state index is 0.295. The molecule has 0 aliphatic rings. The van der Waals surface area contributed by atoms with Crippen LogP contribution in [0.4, 0.5) is 14.9 Å². The number of amides is 2. The van der Waals surface area contributed by atoms with Gasteiger partial charge in [0.15, 0.2) is 0 Å². The van der Waals surface area contributed by atoms with E-state index in [-0.39, 0.29) is 11.8 Å². The fraction of sp³-hybridized carbons (Fsp3) is 0.133. The van der Waals surface area contributed by atoms with Crippen molar-refractivity contribution in [3.63, 3.8) is 0 Å². The second kappa shape index (κ2) is 6.56. The van der Waals surface area contributed by atoms with Gasteiger partial charge in [0.25, 0.3) is 0 Å². The van der Waals surface area contributed by atoms with Gasteiger partial charge in [0.05, 0.1) is 7.11 Å². The SMILES string of the molecule is COc1ccc(N[14C](=O)NCc2ccc(F)cc2)cc1. The van der Waals surface area contributed by atoms with Crippen molar-refractivity contribution in [3.8, 4) is 5.75 Å². The Morgan fingerprint density at radius 3 is 2.35 bits per heavy atom. The summed E-state index contributed by atoms with van der Waals surface area (Å²) in [6.45, 7) is 0.336. The molecule has 0 aromatic heterocycles. The molecular weight excluding hydrogens is 261 g/mol. The molecule has 0 atom stereocenters. The molecule has 2 rings (SSSR count). The molecule has 0 unspecified atom stereocenters. The van der Waals surface area contributed by atoms with E-state index < -0.39 is 0 Å². The van der Waals surface area contributed by atoms with E-state index in [1.165, 1.54) is 12.1 Å². The average molecular weight is 276 g/mol. The van der Waals surface area contributed by atoms with Crippen molar-refractivity contribution in [2.24, 2.45) is 0 Å². The summed E-state index contributed by atoms with van der Waals surface area (Å²) in [6.07, 6.45) is 0. The van der Waals surface area contributed by atoms with Crippen molar-refractivity contribution in [2.45, 2.75) is 6.54 Å². The van der Waals surface area contributed by atoms with Crippen LogP contribution in [0.3, 0.4) is 0 Å². The van der Waals surface area contributed by atoms with Crippen LogP contribution >= 0.6 is 0 Å². The largest absolute Gasteiger partial charge is 0.497 e. The zero-order valence-electron chi connectivity index (χ0n) is 11.0. The number of nitrogens with one attached hydrogen (secondary N) is 2. The van der Waals surface area contributed by atoms with Gasteiger partial charge >= 0.3 is 6.03 Å². The van der Waals surface area contributed by atoms with Crippen LogP contribution in [0.25, 0.3) is 0 Å². The second-order valence-corrected chi connectivity index (χ2v) is 4.16. The van der Waals surface area contributed by atoms with Crippen molar-refractivity contribution in [2.75, 3.05) is 12.4 Å². The number of halogens is 1. The van der Waals surface area contributed by atoms with E-state index in [0.717, 1.165) is 11.3 Å². The monoisotopic (exact) mass is 276 g/mol. The Balaban J connectivity index is 1.84. The molecule has 4 nitrogen and oxygen atoms in total. The molecule has 5 heteroatoms. The third-order valence-corrected chi connectivity index (χ3v) is 2.71. The Bertz CT molecular complexity index is 567. The first-order valence-corrected chi connectivity index (χ1v) is 6.11. The summed E-state index contributed by atoms with van der Waals surface area (Å²) in [5.41, 5.74) is 1.50. The van der Waals surface area contributed by atoms with Gasteiger partial charge in [-0.15, -0.1) is 0 Å². The molecule has 0 fully saturated rings. The Morgan fingerprint density at radius 1 is 1.10 bits per heavy atom. The van der Waals surface area contributed by atoms with Crippen molar-refractivity contribution in [1.82, 2.24) is 5.32 Å². The Kier molecular flexibility index (Phi) is 4.55. The van der Waals surface area contributed by atoms with E-state index >= 15 is 0 Å². The van der Waals surface area contributed by atoms with Gasteiger partial charge in [-0.25, -0.2) is 9.18 Å². The first kappa shape index (κ1) is 13.9. The lowest BCUT2D eigenvalue weighted by atomic mass is 10.2. The van der Waals surface area contributed by atoms with E-state index in [2.05, 4.69) is 10.6 Å². The van der Waals surface area contributed by atoms with Crippen LogP contribution in [0.5, 0.6) is 5.75 Å². The zero-order chi connectivity index (χ0) is 14.4. The fourth-order valence-corrected chi connectivity index (χ4v) is 1.63. The third kappa shape index (κ3) is 3.98. The number of urea groups is 1. The van der Waals surface area contributed by atoms with Gasteiger partial charge in [0.2, 0.25) is 0 Å². The van der Waals surface area contributed by atoms with Gasteiger partial charge in [-0.1, -0.05) is 12.1 Å². The van der Waals surface area contributed by atoms with Crippen LogP contribution in [-0.2, 0) is 6.54 Å². The number of anilines is 1. The quantitative estimate of drug-likeness (QED) is 0.901. The van der Waals surface area contributed by atoms with Gasteiger partial charge < -0.3 is 15.4 Å². The van der Waals surface area contributed by atoms with Crippen molar-refractivity contribution >= 4 is 11.7 Å². The number of benzene rings is 2. The summed E-state index contributed by atoms with van der Waals surface area (Å²) in [7, 11) is 1.58. The van der Waals surface area contributed by atoms with E-state index in [9.17, 15) is 9.18 Å². The van der Waals surface area contributed by atoms with Crippen LogP contribution in [0.15, 0.2) is 48.5 Å². The molecule has 0 saturated carbocycles. The number of hydrogen-bond acceptors (Lipinski definition) is 2. The minimum atomic E-state index is -0.320. The lowest BCUT2D eigenvalue weighted by Crippen LogP contribution is -2.28. The molecule has 0 heterocycles. The summed E-state index contributed by atoms with van der Waals surface area (Å²) in [5, 5.41) is 5.39. The topological polar surface area (TPSA) is 50.4 Å². The summed E-state index contributed by atoms with van der Waals surface area (Å²) < 4.78 is 17.8. The molecule has 104 valence electrons. The standard InChI is InChI=1S/C15H15FN2O2/c1-20-14-8-6-13(7-9-14)18-15(19)17-10-11-2-4-12(16)5-3-11/h2-9H,10H2,1H3,(H2,17,18,19)/i15+2. The van der Waals surface area contributed by atoms with Crippen molar-refractivity contribution < 1.29 is 13.9 Å². The second-order valence-electron chi connectivity index (χ2n) is 4.16. The fourth-order valence-electron chi connectivity index (χ4n) is 1.63. The molecule has 0 aliphatic heterocycles. The average Bonchev–Trinajstić information content (AvgIpc) is 2.47. The molecule has 0 aliphatic carbocycles. The van der Waals surface area contributed by atoms with Crippen molar-refractivity contribution in [3.05, 3.63) is 59.9 Å². The van der Waals surface area contributed by atoms with Gasteiger partial charge in [-0.3, -0.25) is 0 Å². The normalized spacial score (nSPS) is 9.90. The predicted octanol–water partition coefficient (Wildman–Crippen LogP) is 3.16. The van der Waals surface area contributed by atoms with Gasteiger partial charge in [0, 0.05) is 12.2 Å². The Labute approximate surface area is 116 Å². The number of methoxy groups -OCH3 is 1. The highest BCUT2D eigenvalue weighted by atomic mass is 19.1. The van der Waals surface area contributed by atoms with Crippen LogP contribution in [-0.4, -0.2) is 13.1 Å². The summed E-state index contributed by atoms with van der Waals surface area (Å²) in [5.74, 6) is 0.429. The Morgan fingerprint density at radius 2 is 1.75 bits per heavy atom. The highest BCUT2D eigenvalue weighted by Crippen LogP contribution is 2.14.